The van der Waals surface area contributed by atoms with Gasteiger partial charge in [0.25, 0.3) is 5.56 Å². The number of nitrogens with one attached hydrogen (secondary N) is 1. The van der Waals surface area contributed by atoms with Crippen molar-refractivity contribution in [3.63, 3.8) is 0 Å². The van der Waals surface area contributed by atoms with Crippen LogP contribution in [0.2, 0.25) is 0 Å². The molecule has 0 bridgehead atoms. The number of hydrogen-bond donors (Lipinski definition) is 1. The first-order valence-corrected chi connectivity index (χ1v) is 11.3. The fourth-order valence-electron chi connectivity index (χ4n) is 3.21. The number of carbonyl (C=O) groups excluding carboxylic acids is 1. The molecule has 0 saturated carbocycles. The molecular formula is C23H20FN3O2S2. The van der Waals surface area contributed by atoms with Gasteiger partial charge in [0.05, 0.1) is 5.39 Å². The van der Waals surface area contributed by atoms with Crippen LogP contribution in [0.15, 0.2) is 64.5 Å². The summed E-state index contributed by atoms with van der Waals surface area (Å²) in [6.45, 7) is 3.89. The molecule has 31 heavy (non-hydrogen) atoms. The van der Waals surface area contributed by atoms with Crippen LogP contribution >= 0.6 is 23.1 Å². The molecule has 4 aromatic rings. The number of rotatable bonds is 5. The van der Waals surface area contributed by atoms with Gasteiger partial charge in [-0.25, -0.2) is 9.37 Å². The van der Waals surface area contributed by atoms with Gasteiger partial charge in [0.1, 0.15) is 15.9 Å². The summed E-state index contributed by atoms with van der Waals surface area (Å²) >= 11 is 2.69. The monoisotopic (exact) mass is 453 g/mol. The number of carbonyl (C=O) groups is 1. The molecule has 4 rings (SSSR count). The predicted octanol–water partition coefficient (Wildman–Crippen LogP) is 5.22. The molecule has 1 amide bonds. The maximum atomic E-state index is 13.2. The molecule has 1 unspecified atom stereocenters. The number of nitrogens with zero attached hydrogens (tertiary/aromatic N) is 2. The van der Waals surface area contributed by atoms with E-state index in [1.54, 1.807) is 7.05 Å². The van der Waals surface area contributed by atoms with Crippen molar-refractivity contribution in [3.05, 3.63) is 86.8 Å². The average Bonchev–Trinajstić information content (AvgIpc) is 3.05. The molecule has 0 saturated heterocycles. The molecule has 0 aliphatic heterocycles. The van der Waals surface area contributed by atoms with Crippen LogP contribution in [0.1, 0.15) is 21.3 Å². The summed E-state index contributed by atoms with van der Waals surface area (Å²) in [4.78, 5) is 32.6. The number of halogens is 1. The third kappa shape index (κ3) is 4.26. The van der Waals surface area contributed by atoms with Crippen LogP contribution in [-0.2, 0) is 11.8 Å². The Hall–Kier alpha value is -2.97. The van der Waals surface area contributed by atoms with Crippen molar-refractivity contribution in [2.24, 2.45) is 7.05 Å². The zero-order valence-electron chi connectivity index (χ0n) is 17.2. The second-order valence-electron chi connectivity index (χ2n) is 7.13. The van der Waals surface area contributed by atoms with Crippen molar-refractivity contribution in [1.82, 2.24) is 9.55 Å². The van der Waals surface area contributed by atoms with Crippen LogP contribution < -0.4 is 10.9 Å². The molecule has 1 atom stereocenters. The Labute approximate surface area is 187 Å². The van der Waals surface area contributed by atoms with Crippen LogP contribution in [-0.4, -0.2) is 15.5 Å². The maximum Gasteiger partial charge on any atom is 0.262 e. The van der Waals surface area contributed by atoms with Crippen molar-refractivity contribution in [3.8, 4) is 0 Å². The molecule has 2 aromatic carbocycles. The van der Waals surface area contributed by atoms with Crippen molar-refractivity contribution >= 4 is 44.9 Å². The van der Waals surface area contributed by atoms with E-state index in [2.05, 4.69) is 5.32 Å². The molecule has 158 valence electrons. The summed E-state index contributed by atoms with van der Waals surface area (Å²) in [5, 5.41) is 3.27. The first kappa shape index (κ1) is 21.3. The van der Waals surface area contributed by atoms with Gasteiger partial charge in [-0.05, 0) is 49.2 Å². The van der Waals surface area contributed by atoms with Crippen LogP contribution in [0.3, 0.4) is 0 Å². The Kier molecular flexibility index (Phi) is 5.93. The number of amides is 1. The van der Waals surface area contributed by atoms with Gasteiger partial charge >= 0.3 is 0 Å². The van der Waals surface area contributed by atoms with Crippen molar-refractivity contribution in [2.45, 2.75) is 24.3 Å². The maximum absolute atomic E-state index is 13.2. The molecule has 0 radical (unpaired) electrons. The Balaban J connectivity index is 1.73. The lowest BCUT2D eigenvalue weighted by molar-refractivity contribution is -0.115. The lowest BCUT2D eigenvalue weighted by Gasteiger charge is -2.18. The third-order valence-electron chi connectivity index (χ3n) is 5.04. The summed E-state index contributed by atoms with van der Waals surface area (Å²) < 4.78 is 14.7. The molecule has 0 spiro atoms. The number of benzene rings is 2. The smallest absolute Gasteiger partial charge is 0.262 e. The Morgan fingerprint density at radius 2 is 1.81 bits per heavy atom. The minimum Gasteiger partial charge on any atom is -0.325 e. The van der Waals surface area contributed by atoms with Crippen molar-refractivity contribution in [2.75, 3.05) is 5.32 Å². The number of anilines is 1. The molecule has 8 heteroatoms. The van der Waals surface area contributed by atoms with Gasteiger partial charge in [-0.3, -0.25) is 14.2 Å². The third-order valence-corrected chi connectivity index (χ3v) is 7.44. The zero-order chi connectivity index (χ0) is 22.1. The van der Waals surface area contributed by atoms with E-state index in [9.17, 15) is 14.0 Å². The predicted molar refractivity (Wildman–Crippen MR) is 124 cm³/mol. The van der Waals surface area contributed by atoms with E-state index in [1.165, 1.54) is 51.9 Å². The van der Waals surface area contributed by atoms with Gasteiger partial charge in [-0.2, -0.15) is 0 Å². The summed E-state index contributed by atoms with van der Waals surface area (Å²) in [6, 6.07) is 14.9. The first-order valence-electron chi connectivity index (χ1n) is 9.60. The quantitative estimate of drug-likeness (QED) is 0.332. The molecule has 2 aromatic heterocycles. The van der Waals surface area contributed by atoms with E-state index in [1.807, 2.05) is 44.2 Å². The van der Waals surface area contributed by atoms with Crippen LogP contribution in [0.5, 0.6) is 0 Å². The SMILES string of the molecule is Cc1sc2nc(SC(C(=O)Nc3ccc(F)cc3)c3ccccc3)n(C)c(=O)c2c1C. The second-order valence-corrected chi connectivity index (χ2v) is 9.40. The highest BCUT2D eigenvalue weighted by Crippen LogP contribution is 2.36. The number of hydrogen-bond acceptors (Lipinski definition) is 5. The van der Waals surface area contributed by atoms with E-state index in [4.69, 9.17) is 4.98 Å². The standard InChI is InChI=1S/C23H20FN3O2S2/c1-13-14(2)30-21-18(13)22(29)27(3)23(26-21)31-19(15-7-5-4-6-8-15)20(28)25-17-11-9-16(24)10-12-17/h4-12,19H,1-3H3,(H,25,28). The molecular weight excluding hydrogens is 433 g/mol. The van der Waals surface area contributed by atoms with E-state index in [0.29, 0.717) is 21.1 Å². The van der Waals surface area contributed by atoms with Crippen molar-refractivity contribution in [1.29, 1.82) is 0 Å². The van der Waals surface area contributed by atoms with Gasteiger partial charge < -0.3 is 5.32 Å². The number of aryl methyl sites for hydroxylation is 2. The molecule has 0 aliphatic carbocycles. The van der Waals surface area contributed by atoms with Crippen LogP contribution in [0.4, 0.5) is 10.1 Å². The molecule has 0 fully saturated rings. The van der Waals surface area contributed by atoms with Crippen molar-refractivity contribution < 1.29 is 9.18 Å². The minimum absolute atomic E-state index is 0.125. The molecule has 0 aliphatic rings. The van der Waals surface area contributed by atoms with Gasteiger partial charge in [0.15, 0.2) is 5.16 Å². The lowest BCUT2D eigenvalue weighted by atomic mass is 10.1. The van der Waals surface area contributed by atoms with Crippen LogP contribution in [0.25, 0.3) is 10.2 Å². The molecule has 1 N–H and O–H groups in total. The Bertz CT molecular complexity index is 1310. The minimum atomic E-state index is -0.649. The zero-order valence-corrected chi connectivity index (χ0v) is 18.8. The number of thioether (sulfide) groups is 1. The largest absolute Gasteiger partial charge is 0.325 e. The summed E-state index contributed by atoms with van der Waals surface area (Å²) in [5.41, 5.74) is 2.09. The van der Waals surface area contributed by atoms with Gasteiger partial charge in [-0.15, -0.1) is 11.3 Å². The number of aromatic nitrogens is 2. The average molecular weight is 454 g/mol. The summed E-state index contributed by atoms with van der Waals surface area (Å²) in [6.07, 6.45) is 0. The van der Waals surface area contributed by atoms with E-state index in [-0.39, 0.29) is 17.3 Å². The number of fused-ring (bicyclic) bond motifs is 1. The fourth-order valence-corrected chi connectivity index (χ4v) is 5.34. The van der Waals surface area contributed by atoms with Gasteiger partial charge in [0.2, 0.25) is 5.91 Å². The second kappa shape index (κ2) is 8.64. The van der Waals surface area contributed by atoms with Gasteiger partial charge in [0, 0.05) is 17.6 Å². The Morgan fingerprint density at radius 3 is 2.48 bits per heavy atom. The Morgan fingerprint density at radius 1 is 1.13 bits per heavy atom. The van der Waals surface area contributed by atoms with E-state index < -0.39 is 5.25 Å². The summed E-state index contributed by atoms with van der Waals surface area (Å²) in [5.74, 6) is -0.656. The highest BCUT2D eigenvalue weighted by Gasteiger charge is 2.25. The molecule has 2 heterocycles. The fraction of sp³-hybridized carbons (Fsp3) is 0.174. The van der Waals surface area contributed by atoms with E-state index >= 15 is 0 Å². The highest BCUT2D eigenvalue weighted by molar-refractivity contribution is 8.00. The first-order chi connectivity index (χ1) is 14.8. The summed E-state index contributed by atoms with van der Waals surface area (Å²) in [7, 11) is 1.67. The molecule has 5 nitrogen and oxygen atoms in total. The van der Waals surface area contributed by atoms with Crippen LogP contribution in [0, 0.1) is 19.7 Å². The van der Waals surface area contributed by atoms with E-state index in [0.717, 1.165) is 16.0 Å². The lowest BCUT2D eigenvalue weighted by Crippen LogP contribution is -2.23. The van der Waals surface area contributed by atoms with Gasteiger partial charge in [-0.1, -0.05) is 42.1 Å². The normalized spacial score (nSPS) is 12.1. The topological polar surface area (TPSA) is 64.0 Å². The number of thiophene rings is 1. The highest BCUT2D eigenvalue weighted by atomic mass is 32.2.